The standard InChI is InChI=1S/C21H14ClNO2/c22-15-12-10-14(11-13-15)19(23-16-6-2-1-3-7-16)21-20(24)17-8-4-5-9-18(17)25-21/h1-13,24H. The van der Waals surface area contributed by atoms with Crippen LogP contribution in [0.2, 0.25) is 5.02 Å². The number of furan rings is 1. The molecule has 1 aromatic heterocycles. The maximum atomic E-state index is 10.7. The van der Waals surface area contributed by atoms with Gasteiger partial charge in [-0.05, 0) is 36.4 Å². The van der Waals surface area contributed by atoms with Crippen LogP contribution >= 0.6 is 11.6 Å². The van der Waals surface area contributed by atoms with Gasteiger partial charge >= 0.3 is 0 Å². The summed E-state index contributed by atoms with van der Waals surface area (Å²) in [4.78, 5) is 4.70. The largest absolute Gasteiger partial charge is 0.504 e. The first kappa shape index (κ1) is 15.5. The van der Waals surface area contributed by atoms with E-state index in [9.17, 15) is 5.11 Å². The molecule has 0 fully saturated rings. The Balaban J connectivity index is 1.95. The van der Waals surface area contributed by atoms with E-state index < -0.39 is 0 Å². The molecule has 3 nitrogen and oxygen atoms in total. The Morgan fingerprint density at radius 1 is 0.840 bits per heavy atom. The van der Waals surface area contributed by atoms with Crippen molar-refractivity contribution in [3.05, 3.63) is 95.2 Å². The molecule has 0 atom stereocenters. The first-order valence-corrected chi connectivity index (χ1v) is 8.21. The maximum absolute atomic E-state index is 10.7. The Bertz CT molecular complexity index is 1050. The lowest BCUT2D eigenvalue weighted by Crippen LogP contribution is -2.01. The minimum Gasteiger partial charge on any atom is -0.504 e. The minimum absolute atomic E-state index is 0.0835. The molecule has 0 amide bonds. The van der Waals surface area contributed by atoms with Gasteiger partial charge in [-0.1, -0.05) is 54.1 Å². The van der Waals surface area contributed by atoms with Gasteiger partial charge in [0.1, 0.15) is 11.3 Å². The predicted molar refractivity (Wildman–Crippen MR) is 101 cm³/mol. The monoisotopic (exact) mass is 347 g/mol. The quantitative estimate of drug-likeness (QED) is 0.465. The molecule has 0 aliphatic heterocycles. The fourth-order valence-corrected chi connectivity index (χ4v) is 2.80. The van der Waals surface area contributed by atoms with E-state index in [1.807, 2.05) is 66.7 Å². The zero-order valence-corrected chi connectivity index (χ0v) is 13.9. The van der Waals surface area contributed by atoms with E-state index in [1.54, 1.807) is 12.1 Å². The van der Waals surface area contributed by atoms with Gasteiger partial charge in [0, 0.05) is 10.6 Å². The molecule has 1 N–H and O–H groups in total. The number of benzene rings is 3. The van der Waals surface area contributed by atoms with Crippen molar-refractivity contribution >= 4 is 34.0 Å². The summed E-state index contributed by atoms with van der Waals surface area (Å²) in [7, 11) is 0. The summed E-state index contributed by atoms with van der Waals surface area (Å²) in [6.07, 6.45) is 0. The normalized spacial score (nSPS) is 11.8. The fourth-order valence-electron chi connectivity index (χ4n) is 2.68. The summed E-state index contributed by atoms with van der Waals surface area (Å²) < 4.78 is 5.90. The maximum Gasteiger partial charge on any atom is 0.196 e. The topological polar surface area (TPSA) is 45.7 Å². The number of hydrogen-bond donors (Lipinski definition) is 1. The summed E-state index contributed by atoms with van der Waals surface area (Å²) in [5.41, 5.74) is 2.75. The van der Waals surface area contributed by atoms with Crippen LogP contribution in [0.1, 0.15) is 11.3 Å². The van der Waals surface area contributed by atoms with Gasteiger partial charge in [-0.3, -0.25) is 0 Å². The Kier molecular flexibility index (Phi) is 4.00. The second-order valence-corrected chi connectivity index (χ2v) is 6.02. The van der Waals surface area contributed by atoms with Crippen LogP contribution in [-0.4, -0.2) is 10.8 Å². The smallest absolute Gasteiger partial charge is 0.196 e. The molecular formula is C21H14ClNO2. The fraction of sp³-hybridized carbons (Fsp3) is 0. The van der Waals surface area contributed by atoms with Crippen molar-refractivity contribution in [1.82, 2.24) is 0 Å². The first-order chi connectivity index (χ1) is 12.2. The second kappa shape index (κ2) is 6.46. The van der Waals surface area contributed by atoms with Crippen molar-refractivity contribution in [1.29, 1.82) is 0 Å². The summed E-state index contributed by atoms with van der Waals surface area (Å²) in [6.45, 7) is 0. The Hall–Kier alpha value is -3.04. The average Bonchev–Trinajstić information content (AvgIpc) is 2.98. The van der Waals surface area contributed by atoms with E-state index in [0.717, 1.165) is 11.3 Å². The molecular weight excluding hydrogens is 334 g/mol. The highest BCUT2D eigenvalue weighted by Crippen LogP contribution is 2.34. The zero-order valence-electron chi connectivity index (χ0n) is 13.2. The van der Waals surface area contributed by atoms with Crippen LogP contribution in [0, 0.1) is 0 Å². The van der Waals surface area contributed by atoms with Crippen LogP contribution in [0.25, 0.3) is 11.0 Å². The molecule has 0 saturated carbocycles. The summed E-state index contributed by atoms with van der Waals surface area (Å²) in [6, 6.07) is 24.2. The third-order valence-corrected chi connectivity index (χ3v) is 4.15. The predicted octanol–water partition coefficient (Wildman–Crippen LogP) is 5.96. The van der Waals surface area contributed by atoms with E-state index in [0.29, 0.717) is 27.5 Å². The molecule has 0 spiro atoms. The summed E-state index contributed by atoms with van der Waals surface area (Å²) >= 11 is 6.01. The zero-order chi connectivity index (χ0) is 17.2. The second-order valence-electron chi connectivity index (χ2n) is 5.58. The van der Waals surface area contributed by atoms with Gasteiger partial charge in [0.05, 0.1) is 11.1 Å². The van der Waals surface area contributed by atoms with Crippen molar-refractivity contribution in [2.24, 2.45) is 4.99 Å². The van der Waals surface area contributed by atoms with Gasteiger partial charge in [0.2, 0.25) is 0 Å². The van der Waals surface area contributed by atoms with Crippen LogP contribution in [0.5, 0.6) is 5.75 Å². The lowest BCUT2D eigenvalue weighted by molar-refractivity contribution is 0.461. The molecule has 3 aromatic carbocycles. The number of nitrogens with zero attached hydrogens (tertiary/aromatic N) is 1. The average molecular weight is 348 g/mol. The third kappa shape index (κ3) is 3.02. The van der Waals surface area contributed by atoms with Gasteiger partial charge in [0.25, 0.3) is 0 Å². The molecule has 0 radical (unpaired) electrons. The van der Waals surface area contributed by atoms with Crippen molar-refractivity contribution in [3.8, 4) is 5.75 Å². The van der Waals surface area contributed by atoms with Crippen LogP contribution < -0.4 is 0 Å². The molecule has 0 bridgehead atoms. The van der Waals surface area contributed by atoms with Gasteiger partial charge in [-0.15, -0.1) is 0 Å². The summed E-state index contributed by atoms with van der Waals surface area (Å²) in [5.74, 6) is 0.424. The van der Waals surface area contributed by atoms with Gasteiger partial charge in [0.15, 0.2) is 11.5 Å². The lowest BCUT2D eigenvalue weighted by atomic mass is 10.1. The van der Waals surface area contributed by atoms with Gasteiger partial charge < -0.3 is 9.52 Å². The Labute approximate surface area is 149 Å². The van der Waals surface area contributed by atoms with E-state index in [-0.39, 0.29) is 5.75 Å². The van der Waals surface area contributed by atoms with Crippen LogP contribution in [0.4, 0.5) is 5.69 Å². The molecule has 1 heterocycles. The number of halogens is 1. The van der Waals surface area contributed by atoms with Gasteiger partial charge in [-0.2, -0.15) is 0 Å². The highest BCUT2D eigenvalue weighted by molar-refractivity contribution is 6.30. The van der Waals surface area contributed by atoms with E-state index in [2.05, 4.69) is 0 Å². The number of aliphatic imine (C=N–C) groups is 1. The Morgan fingerprint density at radius 2 is 1.52 bits per heavy atom. The highest BCUT2D eigenvalue weighted by Gasteiger charge is 2.20. The Morgan fingerprint density at radius 3 is 2.24 bits per heavy atom. The molecule has 4 heteroatoms. The number of fused-ring (bicyclic) bond motifs is 1. The van der Waals surface area contributed by atoms with Crippen molar-refractivity contribution in [2.75, 3.05) is 0 Å². The molecule has 4 aromatic rings. The van der Waals surface area contributed by atoms with Crippen LogP contribution in [0.15, 0.2) is 88.3 Å². The third-order valence-electron chi connectivity index (χ3n) is 3.90. The first-order valence-electron chi connectivity index (χ1n) is 7.83. The molecule has 0 saturated heterocycles. The minimum atomic E-state index is 0.0835. The molecule has 4 rings (SSSR count). The lowest BCUT2D eigenvalue weighted by Gasteiger charge is -2.06. The number of aromatic hydroxyl groups is 1. The number of hydrogen-bond acceptors (Lipinski definition) is 3. The SMILES string of the molecule is Oc1c(C(=Nc2ccccc2)c2ccc(Cl)cc2)oc2ccccc12. The van der Waals surface area contributed by atoms with Crippen molar-refractivity contribution in [3.63, 3.8) is 0 Å². The van der Waals surface area contributed by atoms with Gasteiger partial charge in [-0.25, -0.2) is 4.99 Å². The molecule has 25 heavy (non-hydrogen) atoms. The number of para-hydroxylation sites is 2. The van der Waals surface area contributed by atoms with Crippen molar-refractivity contribution in [2.45, 2.75) is 0 Å². The molecule has 0 aliphatic rings. The molecule has 0 unspecified atom stereocenters. The van der Waals surface area contributed by atoms with E-state index in [1.165, 1.54) is 0 Å². The van der Waals surface area contributed by atoms with E-state index >= 15 is 0 Å². The van der Waals surface area contributed by atoms with Crippen molar-refractivity contribution < 1.29 is 9.52 Å². The number of rotatable bonds is 3. The molecule has 122 valence electrons. The molecule has 0 aliphatic carbocycles. The van der Waals surface area contributed by atoms with Crippen LogP contribution in [-0.2, 0) is 0 Å². The van der Waals surface area contributed by atoms with E-state index in [4.69, 9.17) is 21.0 Å². The summed E-state index contributed by atoms with van der Waals surface area (Å²) in [5, 5.41) is 11.9. The van der Waals surface area contributed by atoms with Crippen LogP contribution in [0.3, 0.4) is 0 Å². The highest BCUT2D eigenvalue weighted by atomic mass is 35.5.